The second-order valence-electron chi connectivity index (χ2n) is 7.13. The van der Waals surface area contributed by atoms with Gasteiger partial charge in [0.25, 0.3) is 5.91 Å². The summed E-state index contributed by atoms with van der Waals surface area (Å²) in [4.78, 5) is 27.0. The van der Waals surface area contributed by atoms with Crippen molar-refractivity contribution in [1.29, 1.82) is 0 Å². The summed E-state index contributed by atoms with van der Waals surface area (Å²) in [5, 5.41) is 0. The van der Waals surface area contributed by atoms with Crippen molar-refractivity contribution in [1.82, 2.24) is 4.90 Å². The number of thiocarbonyl (C=S) groups is 1. The van der Waals surface area contributed by atoms with Gasteiger partial charge < -0.3 is 4.74 Å². The van der Waals surface area contributed by atoms with Gasteiger partial charge in [-0.1, -0.05) is 92.6 Å². The Morgan fingerprint density at radius 3 is 2.48 bits per heavy atom. The summed E-state index contributed by atoms with van der Waals surface area (Å²) >= 11 is 6.71. The number of rotatable bonds is 9. The number of unbranched alkanes of at least 4 members (excludes halogenated alkanes) is 3. The molecule has 31 heavy (non-hydrogen) atoms. The van der Waals surface area contributed by atoms with Gasteiger partial charge in [0, 0.05) is 12.6 Å². The van der Waals surface area contributed by atoms with E-state index in [4.69, 9.17) is 17.0 Å². The Morgan fingerprint density at radius 1 is 1.03 bits per heavy atom. The van der Waals surface area contributed by atoms with E-state index in [1.165, 1.54) is 24.3 Å². The van der Waals surface area contributed by atoms with Crippen LogP contribution in [0.25, 0.3) is 12.2 Å². The molecule has 4 nitrogen and oxygen atoms in total. The minimum Gasteiger partial charge on any atom is -0.423 e. The second-order valence-corrected chi connectivity index (χ2v) is 8.80. The lowest BCUT2D eigenvalue weighted by Crippen LogP contribution is -2.28. The van der Waals surface area contributed by atoms with Crippen LogP contribution in [0.5, 0.6) is 5.75 Å². The lowest BCUT2D eigenvalue weighted by molar-refractivity contribution is -0.129. The fourth-order valence-corrected chi connectivity index (χ4v) is 4.36. The third kappa shape index (κ3) is 6.91. The molecule has 2 aromatic rings. The van der Waals surface area contributed by atoms with E-state index < -0.39 is 5.97 Å². The van der Waals surface area contributed by atoms with E-state index in [0.29, 0.717) is 21.5 Å². The van der Waals surface area contributed by atoms with Crippen LogP contribution in [-0.2, 0) is 9.59 Å². The van der Waals surface area contributed by atoms with E-state index in [9.17, 15) is 9.59 Å². The first kappa shape index (κ1) is 23.0. The summed E-state index contributed by atoms with van der Waals surface area (Å²) in [6.45, 7) is 2.84. The van der Waals surface area contributed by atoms with Gasteiger partial charge in [-0.15, -0.1) is 0 Å². The normalized spacial score (nSPS) is 15.3. The van der Waals surface area contributed by atoms with Crippen LogP contribution in [0.4, 0.5) is 0 Å². The molecular weight excluding hydrogens is 426 g/mol. The first-order valence-corrected chi connectivity index (χ1v) is 11.6. The highest BCUT2D eigenvalue weighted by Gasteiger charge is 2.31. The number of esters is 1. The van der Waals surface area contributed by atoms with Gasteiger partial charge in [0.2, 0.25) is 0 Å². The Bertz CT molecular complexity index is 982. The van der Waals surface area contributed by atoms with Gasteiger partial charge in [0.05, 0.1) is 4.91 Å². The molecule has 1 aliphatic heterocycles. The van der Waals surface area contributed by atoms with Crippen molar-refractivity contribution in [3.05, 3.63) is 76.7 Å². The Morgan fingerprint density at radius 2 is 1.77 bits per heavy atom. The average molecular weight is 452 g/mol. The van der Waals surface area contributed by atoms with Crippen LogP contribution in [0.1, 0.15) is 43.7 Å². The van der Waals surface area contributed by atoms with Crippen LogP contribution in [0.2, 0.25) is 0 Å². The van der Waals surface area contributed by atoms with Crippen LogP contribution in [-0.4, -0.2) is 27.6 Å². The Kier molecular flexibility index (Phi) is 8.62. The van der Waals surface area contributed by atoms with Crippen molar-refractivity contribution in [2.24, 2.45) is 0 Å². The molecule has 1 fully saturated rings. The van der Waals surface area contributed by atoms with Crippen molar-refractivity contribution in [2.75, 3.05) is 6.54 Å². The van der Waals surface area contributed by atoms with E-state index in [-0.39, 0.29) is 5.91 Å². The highest BCUT2D eigenvalue weighted by Crippen LogP contribution is 2.33. The molecular formula is C25H25NO3S2. The van der Waals surface area contributed by atoms with E-state index in [2.05, 4.69) is 6.92 Å². The number of thioether (sulfide) groups is 1. The van der Waals surface area contributed by atoms with Gasteiger partial charge in [-0.2, -0.15) is 0 Å². The molecule has 0 N–H and O–H groups in total. The van der Waals surface area contributed by atoms with E-state index in [0.717, 1.165) is 30.4 Å². The number of hydrogen-bond donors (Lipinski definition) is 0. The lowest BCUT2D eigenvalue weighted by atomic mass is 10.2. The number of hydrogen-bond acceptors (Lipinski definition) is 5. The van der Waals surface area contributed by atoms with Gasteiger partial charge >= 0.3 is 5.97 Å². The molecule has 0 bridgehead atoms. The maximum absolute atomic E-state index is 12.7. The maximum Gasteiger partial charge on any atom is 0.336 e. The molecule has 0 spiro atoms. The van der Waals surface area contributed by atoms with Gasteiger partial charge in [-0.25, -0.2) is 4.79 Å². The minimum absolute atomic E-state index is 0.0342. The molecule has 1 saturated heterocycles. The fraction of sp³-hybridized carbons (Fsp3) is 0.240. The fourth-order valence-electron chi connectivity index (χ4n) is 3.05. The zero-order valence-electron chi connectivity index (χ0n) is 17.5. The largest absolute Gasteiger partial charge is 0.423 e. The minimum atomic E-state index is -0.444. The highest BCUT2D eigenvalue weighted by atomic mass is 32.2. The van der Waals surface area contributed by atoms with E-state index in [1.807, 2.05) is 48.5 Å². The molecule has 1 aliphatic rings. The molecule has 0 saturated carbocycles. The van der Waals surface area contributed by atoms with E-state index in [1.54, 1.807) is 23.1 Å². The maximum atomic E-state index is 12.7. The van der Waals surface area contributed by atoms with Crippen LogP contribution < -0.4 is 4.74 Å². The summed E-state index contributed by atoms with van der Waals surface area (Å²) in [7, 11) is 0. The zero-order chi connectivity index (χ0) is 22.1. The number of nitrogens with zero attached hydrogens (tertiary/aromatic N) is 1. The van der Waals surface area contributed by atoms with Gasteiger partial charge in [0.1, 0.15) is 10.1 Å². The SMILES string of the molecule is CCCCCCN1C(=O)/C(=C/c2ccc(OC(=O)/C=C/c3ccccc3)cc2)SC1=S. The molecule has 1 heterocycles. The highest BCUT2D eigenvalue weighted by molar-refractivity contribution is 8.26. The van der Waals surface area contributed by atoms with Crippen LogP contribution >= 0.6 is 24.0 Å². The topological polar surface area (TPSA) is 46.6 Å². The zero-order valence-corrected chi connectivity index (χ0v) is 19.1. The monoisotopic (exact) mass is 451 g/mol. The number of amides is 1. The van der Waals surface area contributed by atoms with Crippen molar-refractivity contribution in [2.45, 2.75) is 32.6 Å². The predicted molar refractivity (Wildman–Crippen MR) is 132 cm³/mol. The number of carbonyl (C=O) groups is 2. The molecule has 0 radical (unpaired) electrons. The van der Waals surface area contributed by atoms with Crippen LogP contribution in [0.3, 0.4) is 0 Å². The number of ether oxygens (including phenoxy) is 1. The van der Waals surface area contributed by atoms with Gasteiger partial charge in [0.15, 0.2) is 0 Å². The Balaban J connectivity index is 1.56. The molecule has 0 atom stereocenters. The molecule has 160 valence electrons. The van der Waals surface area contributed by atoms with Gasteiger partial charge in [-0.05, 0) is 41.8 Å². The third-order valence-electron chi connectivity index (χ3n) is 4.72. The number of benzene rings is 2. The van der Waals surface area contributed by atoms with Crippen molar-refractivity contribution in [3.8, 4) is 5.75 Å². The Labute approximate surface area is 193 Å². The number of carbonyl (C=O) groups excluding carboxylic acids is 2. The predicted octanol–water partition coefficient (Wildman–Crippen LogP) is 6.09. The molecule has 2 aromatic carbocycles. The summed E-state index contributed by atoms with van der Waals surface area (Å²) in [6, 6.07) is 16.6. The molecule has 0 unspecified atom stereocenters. The molecule has 0 aromatic heterocycles. The first-order valence-electron chi connectivity index (χ1n) is 10.4. The van der Waals surface area contributed by atoms with Crippen LogP contribution in [0, 0.1) is 0 Å². The first-order chi connectivity index (χ1) is 15.1. The Hall–Kier alpha value is -2.70. The second kappa shape index (κ2) is 11.6. The molecule has 1 amide bonds. The third-order valence-corrected chi connectivity index (χ3v) is 6.09. The quantitative estimate of drug-likeness (QED) is 0.152. The summed E-state index contributed by atoms with van der Waals surface area (Å²) < 4.78 is 5.95. The van der Waals surface area contributed by atoms with Crippen molar-refractivity contribution < 1.29 is 14.3 Å². The van der Waals surface area contributed by atoms with E-state index >= 15 is 0 Å². The van der Waals surface area contributed by atoms with Gasteiger partial charge in [-0.3, -0.25) is 9.69 Å². The van der Waals surface area contributed by atoms with Crippen molar-refractivity contribution >= 4 is 52.3 Å². The summed E-state index contributed by atoms with van der Waals surface area (Å²) in [5.74, 6) is -0.0306. The molecule has 3 rings (SSSR count). The average Bonchev–Trinajstić information content (AvgIpc) is 3.04. The lowest BCUT2D eigenvalue weighted by Gasteiger charge is -2.13. The summed E-state index contributed by atoms with van der Waals surface area (Å²) in [6.07, 6.45) is 9.33. The standard InChI is InChI=1S/C25H25NO3S2/c1-2-3-4-8-17-26-24(28)22(31-25(26)30)18-20-11-14-21(15-12-20)29-23(27)16-13-19-9-6-5-7-10-19/h5-7,9-16,18H,2-4,8,17H2,1H3/b16-13+,22-18-. The molecule has 6 heteroatoms. The molecule has 0 aliphatic carbocycles. The summed E-state index contributed by atoms with van der Waals surface area (Å²) in [5.41, 5.74) is 1.78. The van der Waals surface area contributed by atoms with Crippen LogP contribution in [0.15, 0.2) is 65.6 Å². The van der Waals surface area contributed by atoms with Crippen molar-refractivity contribution in [3.63, 3.8) is 0 Å². The smallest absolute Gasteiger partial charge is 0.336 e.